The van der Waals surface area contributed by atoms with Crippen LogP contribution in [0.15, 0.2) is 48.5 Å². The second-order valence-corrected chi connectivity index (χ2v) is 5.13. The summed E-state index contributed by atoms with van der Waals surface area (Å²) >= 11 is 0. The van der Waals surface area contributed by atoms with Crippen molar-refractivity contribution >= 4 is 5.69 Å². The van der Waals surface area contributed by atoms with Gasteiger partial charge in [-0.2, -0.15) is 5.26 Å². The van der Waals surface area contributed by atoms with Gasteiger partial charge in [-0.05, 0) is 55.2 Å². The van der Waals surface area contributed by atoms with E-state index in [1.807, 2.05) is 36.4 Å². The maximum atomic E-state index is 8.90. The Morgan fingerprint density at radius 3 is 2.62 bits per heavy atom. The summed E-state index contributed by atoms with van der Waals surface area (Å²) in [6.07, 6.45) is 1.67. The highest BCUT2D eigenvalue weighted by Gasteiger charge is 2.05. The number of rotatable bonds is 6. The van der Waals surface area contributed by atoms with Crippen molar-refractivity contribution in [2.45, 2.75) is 25.8 Å². The van der Waals surface area contributed by atoms with Crippen molar-refractivity contribution in [3.05, 3.63) is 65.2 Å². The Labute approximate surface area is 125 Å². The summed E-state index contributed by atoms with van der Waals surface area (Å²) in [5.74, 6) is 0. The fraction of sp³-hybridized carbons (Fsp3) is 0.278. The Kier molecular flexibility index (Phi) is 5.36. The van der Waals surface area contributed by atoms with Gasteiger partial charge in [0.05, 0.1) is 11.6 Å². The zero-order valence-corrected chi connectivity index (χ0v) is 12.2. The Hall–Kier alpha value is -2.31. The molecule has 108 valence electrons. The molecule has 0 aliphatic carbocycles. The molecule has 0 saturated heterocycles. The Morgan fingerprint density at radius 2 is 1.95 bits per heavy atom. The predicted molar refractivity (Wildman–Crippen MR) is 85.0 cm³/mol. The quantitative estimate of drug-likeness (QED) is 0.849. The van der Waals surface area contributed by atoms with Crippen molar-refractivity contribution in [2.24, 2.45) is 0 Å². The molecule has 2 N–H and O–H groups in total. The molecule has 2 aromatic rings. The standard InChI is InChI=1S/C18H20N2O/c1-14(17-9-7-16(13-19)8-10-17)20-18-6-2-4-15(12-18)5-3-11-21/h2,4,6-10,12,14,20-21H,3,5,11H2,1H3. The minimum atomic E-state index is 0.172. The lowest BCUT2D eigenvalue weighted by Gasteiger charge is -2.16. The SMILES string of the molecule is CC(Nc1cccc(CCCO)c1)c1ccc(C#N)cc1. The van der Waals surface area contributed by atoms with Gasteiger partial charge < -0.3 is 10.4 Å². The average molecular weight is 280 g/mol. The maximum Gasteiger partial charge on any atom is 0.0991 e. The van der Waals surface area contributed by atoms with Gasteiger partial charge in [-0.1, -0.05) is 24.3 Å². The first kappa shape index (κ1) is 15.1. The molecule has 3 heteroatoms. The molecule has 0 aromatic heterocycles. The van der Waals surface area contributed by atoms with Gasteiger partial charge in [-0.3, -0.25) is 0 Å². The smallest absolute Gasteiger partial charge is 0.0991 e. The molecule has 1 atom stereocenters. The molecule has 1 unspecified atom stereocenters. The van der Waals surface area contributed by atoms with Crippen molar-refractivity contribution in [1.82, 2.24) is 0 Å². The van der Waals surface area contributed by atoms with Crippen molar-refractivity contribution in [1.29, 1.82) is 5.26 Å². The lowest BCUT2D eigenvalue weighted by molar-refractivity contribution is 0.288. The second-order valence-electron chi connectivity index (χ2n) is 5.13. The zero-order chi connectivity index (χ0) is 15.1. The van der Waals surface area contributed by atoms with Crippen molar-refractivity contribution in [3.63, 3.8) is 0 Å². The van der Waals surface area contributed by atoms with Gasteiger partial charge in [0.1, 0.15) is 0 Å². The molecule has 21 heavy (non-hydrogen) atoms. The first-order chi connectivity index (χ1) is 10.2. The van der Waals surface area contributed by atoms with Crippen LogP contribution in [0.3, 0.4) is 0 Å². The third kappa shape index (κ3) is 4.34. The van der Waals surface area contributed by atoms with Crippen LogP contribution >= 0.6 is 0 Å². The lowest BCUT2D eigenvalue weighted by atomic mass is 10.1. The van der Waals surface area contributed by atoms with Crippen LogP contribution in [0.25, 0.3) is 0 Å². The third-order valence-corrected chi connectivity index (χ3v) is 3.47. The fourth-order valence-electron chi connectivity index (χ4n) is 2.28. The molecule has 2 rings (SSSR count). The topological polar surface area (TPSA) is 56.0 Å². The monoisotopic (exact) mass is 280 g/mol. The second kappa shape index (κ2) is 7.47. The Bertz CT molecular complexity index is 614. The van der Waals surface area contributed by atoms with Gasteiger partial charge >= 0.3 is 0 Å². The van der Waals surface area contributed by atoms with E-state index in [0.717, 1.165) is 24.1 Å². The van der Waals surface area contributed by atoms with Gasteiger partial charge in [-0.15, -0.1) is 0 Å². The molecule has 0 spiro atoms. The number of nitrogens with zero attached hydrogens (tertiary/aromatic N) is 1. The molecular weight excluding hydrogens is 260 g/mol. The number of aliphatic hydroxyl groups excluding tert-OH is 1. The van der Waals surface area contributed by atoms with E-state index < -0.39 is 0 Å². The van der Waals surface area contributed by atoms with E-state index in [1.54, 1.807) is 0 Å². The Morgan fingerprint density at radius 1 is 1.19 bits per heavy atom. The first-order valence-electron chi connectivity index (χ1n) is 7.19. The number of aliphatic hydroxyl groups is 1. The van der Waals surface area contributed by atoms with Crippen molar-refractivity contribution in [3.8, 4) is 6.07 Å². The zero-order valence-electron chi connectivity index (χ0n) is 12.2. The fourth-order valence-corrected chi connectivity index (χ4v) is 2.28. The van der Waals surface area contributed by atoms with E-state index in [-0.39, 0.29) is 12.6 Å². The number of aryl methyl sites for hydroxylation is 1. The van der Waals surface area contributed by atoms with Crippen LogP contribution in [-0.2, 0) is 6.42 Å². The van der Waals surface area contributed by atoms with Gasteiger partial charge in [0.15, 0.2) is 0 Å². The third-order valence-electron chi connectivity index (χ3n) is 3.47. The van der Waals surface area contributed by atoms with E-state index in [0.29, 0.717) is 5.56 Å². The molecular formula is C18H20N2O. The molecule has 0 heterocycles. The molecule has 0 radical (unpaired) electrons. The van der Waals surface area contributed by atoms with E-state index in [1.165, 1.54) is 5.56 Å². The number of benzene rings is 2. The van der Waals surface area contributed by atoms with Crippen LogP contribution in [0, 0.1) is 11.3 Å². The molecule has 0 aliphatic heterocycles. The molecule has 0 saturated carbocycles. The highest BCUT2D eigenvalue weighted by molar-refractivity contribution is 5.48. The Balaban J connectivity index is 2.04. The minimum absolute atomic E-state index is 0.172. The van der Waals surface area contributed by atoms with Crippen LogP contribution in [-0.4, -0.2) is 11.7 Å². The molecule has 0 fully saturated rings. The summed E-state index contributed by atoms with van der Waals surface area (Å²) in [5.41, 5.74) is 4.12. The number of nitriles is 1. The molecule has 0 aliphatic rings. The highest BCUT2D eigenvalue weighted by Crippen LogP contribution is 2.20. The summed E-state index contributed by atoms with van der Waals surface area (Å²) in [6.45, 7) is 2.32. The summed E-state index contributed by atoms with van der Waals surface area (Å²) in [5, 5.41) is 21.2. The average Bonchev–Trinajstić information content (AvgIpc) is 2.53. The van der Waals surface area contributed by atoms with Gasteiger partial charge in [0, 0.05) is 18.3 Å². The predicted octanol–water partition coefficient (Wildman–Crippen LogP) is 3.66. The maximum absolute atomic E-state index is 8.90. The molecule has 0 amide bonds. The van der Waals surface area contributed by atoms with Gasteiger partial charge in [0.2, 0.25) is 0 Å². The minimum Gasteiger partial charge on any atom is -0.396 e. The molecule has 2 aromatic carbocycles. The summed E-state index contributed by atoms with van der Waals surface area (Å²) < 4.78 is 0. The number of hydrogen-bond acceptors (Lipinski definition) is 3. The van der Waals surface area contributed by atoms with Gasteiger partial charge in [0.25, 0.3) is 0 Å². The summed E-state index contributed by atoms with van der Waals surface area (Å²) in [6, 6.07) is 18.2. The van der Waals surface area contributed by atoms with Crippen molar-refractivity contribution in [2.75, 3.05) is 11.9 Å². The van der Waals surface area contributed by atoms with Crippen LogP contribution in [0.1, 0.15) is 36.1 Å². The number of anilines is 1. The summed E-state index contributed by atoms with van der Waals surface area (Å²) in [4.78, 5) is 0. The van der Waals surface area contributed by atoms with E-state index >= 15 is 0 Å². The van der Waals surface area contributed by atoms with Gasteiger partial charge in [-0.25, -0.2) is 0 Å². The first-order valence-corrected chi connectivity index (χ1v) is 7.19. The summed E-state index contributed by atoms with van der Waals surface area (Å²) in [7, 11) is 0. The van der Waals surface area contributed by atoms with Crippen LogP contribution in [0.5, 0.6) is 0 Å². The lowest BCUT2D eigenvalue weighted by Crippen LogP contribution is -2.06. The van der Waals surface area contributed by atoms with E-state index in [4.69, 9.17) is 10.4 Å². The molecule has 3 nitrogen and oxygen atoms in total. The van der Waals surface area contributed by atoms with Crippen LogP contribution in [0.4, 0.5) is 5.69 Å². The van der Waals surface area contributed by atoms with Crippen LogP contribution in [0.2, 0.25) is 0 Å². The van der Waals surface area contributed by atoms with E-state index in [9.17, 15) is 0 Å². The van der Waals surface area contributed by atoms with E-state index in [2.05, 4.69) is 30.4 Å². The van der Waals surface area contributed by atoms with Crippen molar-refractivity contribution < 1.29 is 5.11 Å². The van der Waals surface area contributed by atoms with Crippen LogP contribution < -0.4 is 5.32 Å². The molecule has 0 bridgehead atoms. The largest absolute Gasteiger partial charge is 0.396 e. The number of hydrogen-bond donors (Lipinski definition) is 2. The number of nitrogens with one attached hydrogen (secondary N) is 1. The highest BCUT2D eigenvalue weighted by atomic mass is 16.2. The normalized spacial score (nSPS) is 11.7.